The highest BCUT2D eigenvalue weighted by atomic mass is 32.1. The molecule has 8 aromatic rings. The summed E-state index contributed by atoms with van der Waals surface area (Å²) in [6.45, 7) is 7.83. The molecule has 10 rings (SSSR count). The SMILES string of the molecule is COCCO[C@@H](Cn1c(=O)n(C2(C)CNC(=O)C2)c(=O)c2c(C)c(-n3nccn3)sc21)c1cc(F)ccc1OC.COCCO[C@@H](Cn1c(=O)n([C@]2(C)CNC(=O)C2)c(=O)c2c(C)c(-n3nccn3)sc21)c1cc(F)ccc1OC. The first-order valence-corrected chi connectivity index (χ1v) is 26.7. The van der Waals surface area contributed by atoms with Gasteiger partial charge in [0.2, 0.25) is 11.8 Å². The molecule has 24 nitrogen and oxygen atoms in total. The predicted octanol–water partition coefficient (Wildman–Crippen LogP) is 3.80. The van der Waals surface area contributed by atoms with Gasteiger partial charge >= 0.3 is 11.4 Å². The summed E-state index contributed by atoms with van der Waals surface area (Å²) in [6, 6.07) is 8.13. The number of nitrogens with zero attached hydrogens (tertiary/aromatic N) is 10. The van der Waals surface area contributed by atoms with Crippen molar-refractivity contribution < 1.29 is 46.8 Å². The Balaban J connectivity index is 0.000000194. The van der Waals surface area contributed by atoms with Gasteiger partial charge in [0.25, 0.3) is 11.1 Å². The number of hydrogen-bond donors (Lipinski definition) is 2. The summed E-state index contributed by atoms with van der Waals surface area (Å²) in [6.07, 6.45) is 4.30. The monoisotopic (exact) mass is 1140 g/mol. The third-order valence-electron chi connectivity index (χ3n) is 14.1. The summed E-state index contributed by atoms with van der Waals surface area (Å²) in [7, 11) is 5.98. The van der Waals surface area contributed by atoms with Crippen LogP contribution < -0.4 is 42.6 Å². The molecule has 28 heteroatoms. The number of halogens is 2. The van der Waals surface area contributed by atoms with E-state index in [1.54, 1.807) is 27.7 Å². The number of aryl methyl sites for hydroxylation is 2. The molecule has 6 aromatic heterocycles. The molecule has 2 aliphatic heterocycles. The van der Waals surface area contributed by atoms with E-state index < -0.39 is 57.4 Å². The fourth-order valence-corrected chi connectivity index (χ4v) is 12.5. The van der Waals surface area contributed by atoms with Gasteiger partial charge in [-0.3, -0.25) is 37.4 Å². The first kappa shape index (κ1) is 56.9. The Morgan fingerprint density at radius 1 is 0.588 bits per heavy atom. The fourth-order valence-electron chi connectivity index (χ4n) is 10.1. The Morgan fingerprint density at radius 2 is 0.963 bits per heavy atom. The van der Waals surface area contributed by atoms with E-state index in [4.69, 9.17) is 28.4 Å². The molecule has 2 aliphatic rings. The average Bonchev–Trinajstić information content (AvgIpc) is 4.51. The van der Waals surface area contributed by atoms with Gasteiger partial charge in [-0.2, -0.15) is 20.4 Å². The van der Waals surface area contributed by atoms with Crippen LogP contribution in [0.5, 0.6) is 11.5 Å². The standard InChI is InChI=1S/2C26H29FN6O6S/c2*1-15-21-22(35)32(26(2)12-20(34)28-14-26)25(36)31(24(21)40-23(15)33-29-7-8-30-33)13-19(39-10-9-37-3)17-11-16(27)5-6-18(17)38-4/h2*5-8,11,19H,9-10,12-14H2,1-4H3,(H,28,34)/t19-,26?;19-,26-/m00/s1. The van der Waals surface area contributed by atoms with E-state index in [0.29, 0.717) is 64.2 Å². The number of fused-ring (bicyclic) bond motifs is 2. The molecule has 2 amide bonds. The lowest BCUT2D eigenvalue weighted by atomic mass is 10.0. The molecular formula is C52H58F2N12O12S2. The summed E-state index contributed by atoms with van der Waals surface area (Å²) in [5.41, 5.74) is -2.49. The minimum absolute atomic E-state index is 0.0319. The molecule has 0 saturated carbocycles. The fraction of sp³-hybridized carbons (Fsp3) is 0.423. The molecule has 1 unspecified atom stereocenters. The Labute approximate surface area is 462 Å². The number of nitrogens with one attached hydrogen (secondary N) is 2. The molecule has 0 bridgehead atoms. The number of rotatable bonds is 20. The first-order chi connectivity index (χ1) is 38.4. The summed E-state index contributed by atoms with van der Waals surface area (Å²) in [5.74, 6) is -0.754. The molecule has 0 spiro atoms. The Kier molecular flexibility index (Phi) is 16.7. The smallest absolute Gasteiger partial charge is 0.332 e. The molecule has 2 fully saturated rings. The lowest BCUT2D eigenvalue weighted by Crippen LogP contribution is -2.51. The predicted molar refractivity (Wildman–Crippen MR) is 290 cm³/mol. The van der Waals surface area contributed by atoms with Crippen molar-refractivity contribution in [3.8, 4) is 21.5 Å². The van der Waals surface area contributed by atoms with Crippen LogP contribution in [0.4, 0.5) is 8.78 Å². The van der Waals surface area contributed by atoms with E-state index >= 15 is 0 Å². The summed E-state index contributed by atoms with van der Waals surface area (Å²) in [5, 5.41) is 24.0. The number of thiophene rings is 2. The summed E-state index contributed by atoms with van der Waals surface area (Å²) < 4.78 is 67.5. The van der Waals surface area contributed by atoms with Crippen molar-refractivity contribution >= 4 is 54.9 Å². The minimum atomic E-state index is -1.09. The molecule has 8 heterocycles. The molecular weight excluding hydrogens is 1090 g/mol. The van der Waals surface area contributed by atoms with Crippen molar-refractivity contribution in [3.05, 3.63) is 137 Å². The molecule has 424 valence electrons. The van der Waals surface area contributed by atoms with Crippen LogP contribution in [-0.2, 0) is 52.7 Å². The van der Waals surface area contributed by atoms with Gasteiger partial charge in [0.05, 0.1) is 113 Å². The number of carbonyl (C=O) groups excluding carboxylic acids is 2. The summed E-state index contributed by atoms with van der Waals surface area (Å²) in [4.78, 5) is 84.3. The highest BCUT2D eigenvalue weighted by Crippen LogP contribution is 2.37. The van der Waals surface area contributed by atoms with Crippen molar-refractivity contribution in [2.24, 2.45) is 0 Å². The highest BCUT2D eigenvalue weighted by molar-refractivity contribution is 7.21. The quantitative estimate of drug-likeness (QED) is 0.103. The topological polar surface area (TPSA) is 263 Å². The highest BCUT2D eigenvalue weighted by Gasteiger charge is 2.42. The normalized spacial score (nSPS) is 17.9. The number of benzene rings is 2. The van der Waals surface area contributed by atoms with Gasteiger partial charge in [0.15, 0.2) is 0 Å². The van der Waals surface area contributed by atoms with Crippen LogP contribution in [0.2, 0.25) is 0 Å². The maximum Gasteiger partial charge on any atom is 0.332 e. The maximum absolute atomic E-state index is 14.4. The first-order valence-electron chi connectivity index (χ1n) is 25.1. The largest absolute Gasteiger partial charge is 0.496 e. The Hall–Kier alpha value is -7.76. The van der Waals surface area contributed by atoms with Gasteiger partial charge in [0.1, 0.15) is 55.0 Å². The number of methoxy groups -OCH3 is 4. The van der Waals surface area contributed by atoms with E-state index in [1.807, 2.05) is 0 Å². The lowest BCUT2D eigenvalue weighted by molar-refractivity contribution is -0.120. The number of aromatic nitrogens is 10. The Bertz CT molecular complexity index is 3610. The van der Waals surface area contributed by atoms with Gasteiger partial charge in [0, 0.05) is 49.6 Å². The molecule has 80 heavy (non-hydrogen) atoms. The zero-order chi connectivity index (χ0) is 57.2. The lowest BCUT2D eigenvalue weighted by Gasteiger charge is -2.27. The van der Waals surface area contributed by atoms with Crippen LogP contribution in [0.25, 0.3) is 30.4 Å². The van der Waals surface area contributed by atoms with Gasteiger partial charge in [-0.15, -0.1) is 9.59 Å². The van der Waals surface area contributed by atoms with Gasteiger partial charge in [-0.25, -0.2) is 18.4 Å². The van der Waals surface area contributed by atoms with E-state index in [1.165, 1.54) is 131 Å². The van der Waals surface area contributed by atoms with Gasteiger partial charge in [-0.05, 0) is 64.1 Å². The Morgan fingerprint density at radius 3 is 1.29 bits per heavy atom. The van der Waals surface area contributed by atoms with Crippen molar-refractivity contribution in [2.45, 2.75) is 76.9 Å². The van der Waals surface area contributed by atoms with Crippen molar-refractivity contribution in [2.75, 3.05) is 68.0 Å². The van der Waals surface area contributed by atoms with E-state index in [-0.39, 0.29) is 77.3 Å². The number of amides is 2. The number of hydrogen-bond acceptors (Lipinski definition) is 18. The van der Waals surface area contributed by atoms with Crippen LogP contribution in [0.15, 0.2) is 80.4 Å². The number of ether oxygens (including phenoxy) is 6. The minimum Gasteiger partial charge on any atom is -0.496 e. The van der Waals surface area contributed by atoms with Crippen molar-refractivity contribution in [3.63, 3.8) is 0 Å². The molecule has 2 saturated heterocycles. The number of carbonyl (C=O) groups is 2. The second-order valence-corrected chi connectivity index (χ2v) is 21.5. The van der Waals surface area contributed by atoms with Crippen molar-refractivity contribution in [1.82, 2.24) is 58.9 Å². The van der Waals surface area contributed by atoms with E-state index in [0.717, 1.165) is 9.13 Å². The van der Waals surface area contributed by atoms with Crippen LogP contribution in [0.1, 0.15) is 61.2 Å². The molecule has 0 aliphatic carbocycles. The molecule has 2 aromatic carbocycles. The van der Waals surface area contributed by atoms with E-state index in [2.05, 4.69) is 31.0 Å². The zero-order valence-electron chi connectivity index (χ0n) is 44.9. The maximum atomic E-state index is 14.4. The second-order valence-electron chi connectivity index (χ2n) is 19.5. The molecule has 0 radical (unpaired) electrons. The third kappa shape index (κ3) is 10.8. The van der Waals surface area contributed by atoms with Gasteiger partial charge < -0.3 is 39.1 Å². The second kappa shape index (κ2) is 23.5. The van der Waals surface area contributed by atoms with Crippen LogP contribution in [0.3, 0.4) is 0 Å². The van der Waals surface area contributed by atoms with Gasteiger partial charge in [-0.1, -0.05) is 22.7 Å². The zero-order valence-corrected chi connectivity index (χ0v) is 46.6. The van der Waals surface area contributed by atoms with Crippen LogP contribution >= 0.6 is 22.7 Å². The molecule has 2 N–H and O–H groups in total. The summed E-state index contributed by atoms with van der Waals surface area (Å²) >= 11 is 2.37. The van der Waals surface area contributed by atoms with Crippen LogP contribution in [-0.4, -0.2) is 128 Å². The van der Waals surface area contributed by atoms with Crippen molar-refractivity contribution in [1.29, 1.82) is 0 Å². The molecule has 4 atom stereocenters. The van der Waals surface area contributed by atoms with E-state index in [9.17, 15) is 37.5 Å². The average molecular weight is 1150 g/mol. The third-order valence-corrected chi connectivity index (χ3v) is 16.6. The van der Waals surface area contributed by atoms with Crippen LogP contribution in [0, 0.1) is 25.5 Å².